The maximum absolute atomic E-state index is 12.6. The number of methoxy groups -OCH3 is 1. The second-order valence-corrected chi connectivity index (χ2v) is 26.6. The maximum Gasteiger partial charge on any atom is 0.303 e. The fourth-order valence-electron chi connectivity index (χ4n) is 10.6. The van der Waals surface area contributed by atoms with Crippen molar-refractivity contribution in [1.29, 1.82) is 0 Å². The Hall–Kier alpha value is -5.31. The quantitative estimate of drug-likeness (QED) is 0.0263. The van der Waals surface area contributed by atoms with Gasteiger partial charge in [-0.1, -0.05) is 36.4 Å². The highest BCUT2D eigenvalue weighted by molar-refractivity contribution is 7.87. The molecule has 2 aliphatic rings. The van der Waals surface area contributed by atoms with E-state index in [-0.39, 0.29) is 79.2 Å². The average molecular weight is 1220 g/mol. The van der Waals surface area contributed by atoms with Crippen LogP contribution in [0.3, 0.4) is 0 Å². The van der Waals surface area contributed by atoms with Crippen molar-refractivity contribution in [3.63, 3.8) is 0 Å². The zero-order valence-electron chi connectivity index (χ0n) is 44.8. The van der Waals surface area contributed by atoms with E-state index in [4.69, 9.17) is 18.9 Å². The summed E-state index contributed by atoms with van der Waals surface area (Å²) in [4.78, 5) is 9.49. The van der Waals surface area contributed by atoms with Crippen molar-refractivity contribution in [3.8, 4) is 0 Å². The summed E-state index contributed by atoms with van der Waals surface area (Å²) in [6.07, 6.45) is 12.8. The number of carboxylic acid groups (broad SMARTS) is 1. The van der Waals surface area contributed by atoms with Gasteiger partial charge in [0, 0.05) is 73.0 Å². The Labute approximate surface area is 472 Å². The minimum atomic E-state index is -5.39. The minimum absolute atomic E-state index is 0.0552. The molecule has 4 aromatic rings. The van der Waals surface area contributed by atoms with Gasteiger partial charge in [-0.15, -0.1) is 0 Å². The molecule has 0 radical (unpaired) electrons. The van der Waals surface area contributed by atoms with E-state index < -0.39 is 92.7 Å². The van der Waals surface area contributed by atoms with Crippen molar-refractivity contribution in [2.45, 2.75) is 96.1 Å². The van der Waals surface area contributed by atoms with Crippen molar-refractivity contribution >= 4 is 95.2 Å². The van der Waals surface area contributed by atoms with E-state index in [0.29, 0.717) is 92.7 Å². The summed E-state index contributed by atoms with van der Waals surface area (Å²) in [6, 6.07) is 8.91. The van der Waals surface area contributed by atoms with Crippen molar-refractivity contribution in [1.82, 2.24) is 0 Å². The third kappa shape index (κ3) is 15.7. The summed E-state index contributed by atoms with van der Waals surface area (Å²) in [5.41, 5.74) is 0.340. The fourth-order valence-corrected chi connectivity index (χ4v) is 13.7. The number of unbranched alkanes of at least 4 members (excludes halogenated alkanes) is 2. The molecule has 2 N–H and O–H groups in total. The Morgan fingerprint density at radius 1 is 0.617 bits per heavy atom. The van der Waals surface area contributed by atoms with Gasteiger partial charge in [0.15, 0.2) is 5.71 Å². The topological polar surface area (TPSA) is 364 Å². The summed E-state index contributed by atoms with van der Waals surface area (Å²) >= 11 is 0. The van der Waals surface area contributed by atoms with Gasteiger partial charge >= 0.3 is 5.97 Å². The number of nitrogens with zero attached hydrogens (tertiary/aromatic N) is 2. The standard InChI is InChI=1S/C53H66N2O21S5/c1-5-54-43-20-18-39-41(33-37(78(61,62)63)35-45(39)80(67,68)69)50(43)53(3,23-25-74-28-29-76-31-30-75-27-26-73-4)47(54)15-10-7-6-8-11-16-48-52(2,22-14-32-77(58,59)60)51-42-34-38(79(64,65)66)36-46(81(70,71)72)40(42)19-21-44(51)55(48)24-13-9-12-17-49(56)57/h6-8,10-11,15-16,18-21,33-36H,5,9,12-14,17,22-32H2,1-4H3,(H5-,56,57,58,59,60,61,62,63,64,65,66,67,68,69,70,71,72)/p-3. The Bertz CT molecular complexity index is 3780. The first kappa shape index (κ1) is 64.9. The van der Waals surface area contributed by atoms with Gasteiger partial charge < -0.3 is 47.2 Å². The highest BCUT2D eigenvalue weighted by Crippen LogP contribution is 2.54. The summed E-state index contributed by atoms with van der Waals surface area (Å²) < 4.78 is 208. The molecule has 0 aromatic heterocycles. The van der Waals surface area contributed by atoms with Gasteiger partial charge in [-0.05, 0) is 117 Å². The largest absolute Gasteiger partial charge is 0.744 e. The van der Waals surface area contributed by atoms with Crippen molar-refractivity contribution in [2.75, 3.05) is 77.1 Å². The van der Waals surface area contributed by atoms with E-state index in [9.17, 15) is 74.8 Å². The maximum atomic E-state index is 12.6. The van der Waals surface area contributed by atoms with E-state index >= 15 is 0 Å². The monoisotopic (exact) mass is 1220 g/mol. The third-order valence-corrected chi connectivity index (χ3v) is 18.3. The number of hydrogen-bond acceptors (Lipinski definition) is 20. The molecule has 4 aromatic carbocycles. The molecule has 0 saturated heterocycles. The number of allylic oxidation sites excluding steroid dienone is 8. The summed E-state index contributed by atoms with van der Waals surface area (Å²) in [5, 5.41) is 8.95. The highest BCUT2D eigenvalue weighted by Gasteiger charge is 2.49. The van der Waals surface area contributed by atoms with Crippen LogP contribution in [0.15, 0.2) is 116 Å². The average Bonchev–Trinajstić information content (AvgIpc) is 3.28. The minimum Gasteiger partial charge on any atom is -0.744 e. The van der Waals surface area contributed by atoms with Crippen LogP contribution in [0, 0.1) is 0 Å². The number of likely N-dealkylation sites (N-methyl/N-ethyl adjacent to an activating group) is 1. The zero-order chi connectivity index (χ0) is 59.8. The zero-order valence-corrected chi connectivity index (χ0v) is 48.9. The van der Waals surface area contributed by atoms with Gasteiger partial charge in [0.2, 0.25) is 5.69 Å². The number of rotatable bonds is 31. The molecule has 0 amide bonds. The molecule has 2 aliphatic heterocycles. The smallest absolute Gasteiger partial charge is 0.303 e. The lowest BCUT2D eigenvalue weighted by atomic mass is 9.74. The first-order chi connectivity index (χ1) is 37.9. The van der Waals surface area contributed by atoms with Gasteiger partial charge in [-0.25, -0.2) is 33.7 Å². The third-order valence-electron chi connectivity index (χ3n) is 14.2. The van der Waals surface area contributed by atoms with Gasteiger partial charge in [-0.3, -0.25) is 9.35 Å². The lowest BCUT2D eigenvalue weighted by molar-refractivity contribution is -0.438. The number of carboxylic acids is 1. The van der Waals surface area contributed by atoms with Crippen molar-refractivity contribution < 1.29 is 98.3 Å². The SMILES string of the molecule is CCN1C(=CC=CC=CC=CC2=[N+](CCCCCC(=O)O)c3ccc4c(S(=O)(=O)[O-])cc(S(=O)(=O)[O-])cc4c3C2(C)CCCS(=O)(=O)O)C(C)(CCOCCOCCOCCOC)c2c1ccc1c(S(=O)(=O)[O-])cc(S(=O)(=O)[O-])cc21. The predicted octanol–water partition coefficient (Wildman–Crippen LogP) is 5.72. The van der Waals surface area contributed by atoms with E-state index in [1.54, 1.807) is 62.6 Å². The molecule has 6 rings (SSSR count). The van der Waals surface area contributed by atoms with Crippen LogP contribution in [0.4, 0.5) is 11.4 Å². The number of fused-ring (bicyclic) bond motifs is 6. The number of benzene rings is 4. The molecule has 2 unspecified atom stereocenters. The summed E-state index contributed by atoms with van der Waals surface area (Å²) in [6.45, 7) is 7.92. The Morgan fingerprint density at radius 2 is 1.15 bits per heavy atom. The number of aliphatic carboxylic acids is 1. The molecule has 2 heterocycles. The molecular weight excluding hydrogens is 1160 g/mol. The molecule has 0 aliphatic carbocycles. The lowest BCUT2D eigenvalue weighted by Crippen LogP contribution is -2.32. The van der Waals surface area contributed by atoms with Crippen LogP contribution in [0.2, 0.25) is 0 Å². The molecule has 0 spiro atoms. The van der Waals surface area contributed by atoms with Crippen LogP contribution < -0.4 is 4.90 Å². The van der Waals surface area contributed by atoms with Gasteiger partial charge in [0.25, 0.3) is 10.1 Å². The second-order valence-electron chi connectivity index (χ2n) is 19.6. The van der Waals surface area contributed by atoms with E-state index in [0.717, 1.165) is 12.1 Å². The normalized spacial score (nSPS) is 18.7. The van der Waals surface area contributed by atoms with Crippen LogP contribution >= 0.6 is 0 Å². The van der Waals surface area contributed by atoms with Crippen molar-refractivity contribution in [2.24, 2.45) is 0 Å². The number of anilines is 1. The first-order valence-electron chi connectivity index (χ1n) is 25.5. The molecule has 28 heteroatoms. The van der Waals surface area contributed by atoms with E-state index in [2.05, 4.69) is 0 Å². The van der Waals surface area contributed by atoms with Crippen LogP contribution in [-0.2, 0) is 85.2 Å². The summed E-state index contributed by atoms with van der Waals surface area (Å²) in [7, 11) is -24.3. The molecule has 81 heavy (non-hydrogen) atoms. The fraction of sp³-hybridized carbons (Fsp3) is 0.434. The molecule has 0 saturated carbocycles. The van der Waals surface area contributed by atoms with Gasteiger partial charge in [0.05, 0.1) is 70.4 Å². The Morgan fingerprint density at radius 3 is 1.68 bits per heavy atom. The van der Waals surface area contributed by atoms with Crippen LogP contribution in [0.5, 0.6) is 0 Å². The Balaban J connectivity index is 1.42. The van der Waals surface area contributed by atoms with Crippen molar-refractivity contribution in [3.05, 3.63) is 108 Å². The molecule has 0 bridgehead atoms. The molecule has 0 fully saturated rings. The highest BCUT2D eigenvalue weighted by atomic mass is 32.2. The summed E-state index contributed by atoms with van der Waals surface area (Å²) in [5.74, 6) is -1.70. The van der Waals surface area contributed by atoms with Gasteiger partial charge in [0.1, 0.15) is 47.0 Å². The molecular formula is C53H63N2O21S5-3. The molecule has 23 nitrogen and oxygen atoms in total. The van der Waals surface area contributed by atoms with Crippen LogP contribution in [-0.4, -0.2) is 158 Å². The number of carbonyl (C=O) groups is 1. The van der Waals surface area contributed by atoms with E-state index in [1.165, 1.54) is 18.2 Å². The van der Waals surface area contributed by atoms with Gasteiger partial charge in [-0.2, -0.15) is 13.0 Å². The predicted molar refractivity (Wildman–Crippen MR) is 293 cm³/mol. The number of hydrogen-bond donors (Lipinski definition) is 2. The lowest BCUT2D eigenvalue weighted by Gasteiger charge is -2.30. The molecule has 2 atom stereocenters. The Kier molecular flexibility index (Phi) is 21.2. The van der Waals surface area contributed by atoms with Crippen LogP contribution in [0.1, 0.15) is 76.8 Å². The molecule has 444 valence electrons. The first-order valence-corrected chi connectivity index (χ1v) is 32.7. The second kappa shape index (κ2) is 26.5. The van der Waals surface area contributed by atoms with Crippen LogP contribution in [0.25, 0.3) is 21.5 Å². The van der Waals surface area contributed by atoms with E-state index in [1.807, 2.05) is 23.3 Å². The number of ether oxygens (including phenoxy) is 4.